The molecule has 4 heterocycles. The Morgan fingerprint density at radius 1 is 1.17 bits per heavy atom. The summed E-state index contributed by atoms with van der Waals surface area (Å²) in [6.45, 7) is 1.62. The third kappa shape index (κ3) is 4.54. The smallest absolute Gasteiger partial charge is 0.320 e. The minimum absolute atomic E-state index is 0.225. The first-order valence-corrected chi connectivity index (χ1v) is 10.2. The van der Waals surface area contributed by atoms with Crippen LogP contribution in [0.4, 0.5) is 5.95 Å². The summed E-state index contributed by atoms with van der Waals surface area (Å²) in [6, 6.07) is 5.99. The molecule has 9 nitrogen and oxygen atoms in total. The normalized spacial score (nSPS) is 10.7. The highest BCUT2D eigenvalue weighted by Gasteiger charge is 2.16. The van der Waals surface area contributed by atoms with E-state index >= 15 is 0 Å². The molecule has 0 radical (unpaired) electrons. The zero-order valence-electron chi connectivity index (χ0n) is 16.6. The van der Waals surface area contributed by atoms with E-state index in [4.69, 9.17) is 14.5 Å². The average Bonchev–Trinajstić information content (AvgIpc) is 3.50. The summed E-state index contributed by atoms with van der Waals surface area (Å²) in [7, 11) is 3.07. The zero-order valence-corrected chi connectivity index (χ0v) is 17.5. The van der Waals surface area contributed by atoms with Crippen LogP contribution in [-0.4, -0.2) is 50.3 Å². The molecule has 4 rings (SSSR count). The summed E-state index contributed by atoms with van der Waals surface area (Å²) in [6.07, 6.45) is 8.23. The predicted molar refractivity (Wildman–Crippen MR) is 115 cm³/mol. The molecule has 0 fully saturated rings. The predicted octanol–water partition coefficient (Wildman–Crippen LogP) is 3.38. The van der Waals surface area contributed by atoms with Gasteiger partial charge in [-0.05, 0) is 17.9 Å². The van der Waals surface area contributed by atoms with Gasteiger partial charge in [0.25, 0.3) is 0 Å². The minimum atomic E-state index is 0.225. The maximum absolute atomic E-state index is 5.28. The van der Waals surface area contributed by atoms with Gasteiger partial charge in [-0.3, -0.25) is 0 Å². The van der Waals surface area contributed by atoms with E-state index in [0.29, 0.717) is 17.5 Å². The number of ether oxygens (including phenoxy) is 2. The maximum atomic E-state index is 5.28. The third-order valence-corrected chi connectivity index (χ3v) is 5.21. The standard InChI is InChI=1S/C20H21N7O2S/c1-28-17-11-15(24-20(25-17)29-2)14-12-23-19(26-18(14)16-5-3-10-30-16)22-6-4-8-27-9-7-21-13-27/h3,5,7,9-13H,4,6,8H2,1-2H3,(H,22,23,26). The van der Waals surface area contributed by atoms with E-state index in [1.165, 1.54) is 7.11 Å². The number of aryl methyl sites for hydroxylation is 1. The van der Waals surface area contributed by atoms with Crippen LogP contribution in [0.1, 0.15) is 6.42 Å². The Balaban J connectivity index is 1.60. The largest absolute Gasteiger partial charge is 0.481 e. The maximum Gasteiger partial charge on any atom is 0.320 e. The first-order valence-electron chi connectivity index (χ1n) is 9.35. The van der Waals surface area contributed by atoms with E-state index in [1.807, 2.05) is 34.6 Å². The minimum Gasteiger partial charge on any atom is -0.481 e. The van der Waals surface area contributed by atoms with Crippen molar-refractivity contribution in [3.8, 4) is 33.7 Å². The summed E-state index contributed by atoms with van der Waals surface area (Å²) >= 11 is 1.61. The lowest BCUT2D eigenvalue weighted by Gasteiger charge is -2.11. The molecule has 4 aromatic heterocycles. The summed E-state index contributed by atoms with van der Waals surface area (Å²) in [5.74, 6) is 0.983. The Labute approximate surface area is 177 Å². The van der Waals surface area contributed by atoms with Crippen molar-refractivity contribution in [3.05, 3.63) is 48.5 Å². The van der Waals surface area contributed by atoms with E-state index in [1.54, 1.807) is 36.9 Å². The molecule has 1 N–H and O–H groups in total. The van der Waals surface area contributed by atoms with Crippen molar-refractivity contribution in [1.29, 1.82) is 0 Å². The first kappa shape index (κ1) is 19.8. The fourth-order valence-corrected chi connectivity index (χ4v) is 3.60. The van der Waals surface area contributed by atoms with Crippen LogP contribution >= 0.6 is 11.3 Å². The molecular formula is C20H21N7O2S. The molecule has 0 saturated carbocycles. The molecule has 0 spiro atoms. The van der Waals surface area contributed by atoms with Crippen LogP contribution in [0.15, 0.2) is 48.5 Å². The van der Waals surface area contributed by atoms with E-state index < -0.39 is 0 Å². The Hall–Kier alpha value is -3.53. The number of hydrogen-bond donors (Lipinski definition) is 1. The van der Waals surface area contributed by atoms with Gasteiger partial charge in [-0.15, -0.1) is 11.3 Å². The monoisotopic (exact) mass is 423 g/mol. The summed E-state index contributed by atoms with van der Waals surface area (Å²) in [5.41, 5.74) is 2.20. The first-order chi connectivity index (χ1) is 14.8. The molecule has 0 bridgehead atoms. The molecule has 0 amide bonds. The second kappa shape index (κ2) is 9.31. The molecule has 0 aliphatic heterocycles. The van der Waals surface area contributed by atoms with Gasteiger partial charge in [0.1, 0.15) is 0 Å². The van der Waals surface area contributed by atoms with Gasteiger partial charge < -0.3 is 19.4 Å². The fraction of sp³-hybridized carbons (Fsp3) is 0.250. The van der Waals surface area contributed by atoms with Crippen molar-refractivity contribution in [2.45, 2.75) is 13.0 Å². The fourth-order valence-electron chi connectivity index (χ4n) is 2.87. The van der Waals surface area contributed by atoms with Gasteiger partial charge in [0, 0.05) is 43.3 Å². The highest BCUT2D eigenvalue weighted by Crippen LogP contribution is 2.34. The molecule has 154 valence electrons. The lowest BCUT2D eigenvalue weighted by Crippen LogP contribution is -2.09. The Morgan fingerprint density at radius 2 is 2.10 bits per heavy atom. The SMILES string of the molecule is COc1cc(-c2cnc(NCCCn3ccnc3)nc2-c2cccs2)nc(OC)n1. The van der Waals surface area contributed by atoms with Crippen molar-refractivity contribution in [2.75, 3.05) is 26.1 Å². The van der Waals surface area contributed by atoms with Crippen LogP contribution in [-0.2, 0) is 6.54 Å². The van der Waals surface area contributed by atoms with Gasteiger partial charge in [0.05, 0.1) is 36.8 Å². The van der Waals surface area contributed by atoms with Gasteiger partial charge in [-0.25, -0.2) is 15.0 Å². The summed E-state index contributed by atoms with van der Waals surface area (Å²) < 4.78 is 12.5. The van der Waals surface area contributed by atoms with Crippen LogP contribution in [0.3, 0.4) is 0 Å². The number of imidazole rings is 1. The number of nitrogens with zero attached hydrogens (tertiary/aromatic N) is 6. The molecule has 0 atom stereocenters. The number of methoxy groups -OCH3 is 2. The molecule has 0 unspecified atom stereocenters. The van der Waals surface area contributed by atoms with E-state index in [-0.39, 0.29) is 6.01 Å². The summed E-state index contributed by atoms with van der Waals surface area (Å²) in [4.78, 5) is 22.9. The van der Waals surface area contributed by atoms with Crippen LogP contribution in [0.5, 0.6) is 11.9 Å². The number of hydrogen-bond acceptors (Lipinski definition) is 9. The summed E-state index contributed by atoms with van der Waals surface area (Å²) in [5, 5.41) is 5.31. The lowest BCUT2D eigenvalue weighted by atomic mass is 10.1. The molecule has 0 aliphatic carbocycles. The van der Waals surface area contributed by atoms with Crippen LogP contribution in [0.25, 0.3) is 21.8 Å². The van der Waals surface area contributed by atoms with Crippen LogP contribution in [0.2, 0.25) is 0 Å². The topological polar surface area (TPSA) is 99.9 Å². The second-order valence-electron chi connectivity index (χ2n) is 6.30. The third-order valence-electron chi connectivity index (χ3n) is 4.33. The second-order valence-corrected chi connectivity index (χ2v) is 7.24. The van der Waals surface area contributed by atoms with E-state index in [0.717, 1.165) is 35.6 Å². The van der Waals surface area contributed by atoms with Crippen molar-refractivity contribution < 1.29 is 9.47 Å². The highest BCUT2D eigenvalue weighted by molar-refractivity contribution is 7.13. The molecular weight excluding hydrogens is 402 g/mol. The van der Waals surface area contributed by atoms with Crippen molar-refractivity contribution in [3.63, 3.8) is 0 Å². The highest BCUT2D eigenvalue weighted by atomic mass is 32.1. The Kier molecular flexibility index (Phi) is 6.14. The molecule has 0 aliphatic rings. The zero-order chi connectivity index (χ0) is 20.8. The van der Waals surface area contributed by atoms with Gasteiger partial charge in [-0.1, -0.05) is 6.07 Å². The molecule has 10 heteroatoms. The molecule has 30 heavy (non-hydrogen) atoms. The number of nitrogens with one attached hydrogen (secondary N) is 1. The van der Waals surface area contributed by atoms with E-state index in [9.17, 15) is 0 Å². The lowest BCUT2D eigenvalue weighted by molar-refractivity contribution is 0.353. The number of thiophene rings is 1. The van der Waals surface area contributed by atoms with Gasteiger partial charge in [0.2, 0.25) is 11.8 Å². The molecule has 4 aromatic rings. The Morgan fingerprint density at radius 3 is 2.83 bits per heavy atom. The number of anilines is 1. The van der Waals surface area contributed by atoms with Crippen molar-refractivity contribution in [1.82, 2.24) is 29.5 Å². The van der Waals surface area contributed by atoms with Crippen LogP contribution in [0, 0.1) is 0 Å². The van der Waals surface area contributed by atoms with Crippen molar-refractivity contribution in [2.24, 2.45) is 0 Å². The van der Waals surface area contributed by atoms with Gasteiger partial charge >= 0.3 is 6.01 Å². The van der Waals surface area contributed by atoms with E-state index in [2.05, 4.69) is 25.3 Å². The Bertz CT molecular complexity index is 1060. The number of rotatable bonds is 9. The molecule has 0 saturated heterocycles. The van der Waals surface area contributed by atoms with Crippen LogP contribution < -0.4 is 14.8 Å². The quantitative estimate of drug-likeness (QED) is 0.409. The molecule has 0 aromatic carbocycles. The van der Waals surface area contributed by atoms with Gasteiger partial charge in [0.15, 0.2) is 0 Å². The van der Waals surface area contributed by atoms with Gasteiger partial charge in [-0.2, -0.15) is 9.97 Å². The number of aromatic nitrogens is 6. The van der Waals surface area contributed by atoms with Crippen molar-refractivity contribution >= 4 is 17.3 Å². The average molecular weight is 424 g/mol.